The molecule has 1 heterocycles. The van der Waals surface area contributed by atoms with Crippen molar-refractivity contribution in [1.29, 1.82) is 0 Å². The van der Waals surface area contributed by atoms with Gasteiger partial charge in [0.2, 0.25) is 11.8 Å². The van der Waals surface area contributed by atoms with Crippen LogP contribution in [0.4, 0.5) is 0 Å². The van der Waals surface area contributed by atoms with Gasteiger partial charge in [-0.25, -0.2) is 0 Å². The van der Waals surface area contributed by atoms with Crippen molar-refractivity contribution in [3.63, 3.8) is 0 Å². The van der Waals surface area contributed by atoms with Crippen LogP contribution in [-0.4, -0.2) is 38.0 Å². The van der Waals surface area contributed by atoms with Gasteiger partial charge >= 0.3 is 0 Å². The van der Waals surface area contributed by atoms with Gasteiger partial charge in [0.1, 0.15) is 0 Å². The van der Waals surface area contributed by atoms with Gasteiger partial charge in [0.15, 0.2) is 0 Å². The molecule has 3 N–H and O–H groups in total. The van der Waals surface area contributed by atoms with Crippen molar-refractivity contribution >= 4 is 11.8 Å². The molecule has 2 unspecified atom stereocenters. The first-order valence-electron chi connectivity index (χ1n) is 5.90. The highest BCUT2D eigenvalue weighted by atomic mass is 16.2. The maximum absolute atomic E-state index is 11.7. The SMILES string of the molecule is CCNC(=O)CCNC(=O)C1CNCC1C. The van der Waals surface area contributed by atoms with Crippen LogP contribution in [0.15, 0.2) is 0 Å². The van der Waals surface area contributed by atoms with Crippen molar-refractivity contribution < 1.29 is 9.59 Å². The van der Waals surface area contributed by atoms with Crippen molar-refractivity contribution in [3.8, 4) is 0 Å². The third-order valence-electron chi connectivity index (χ3n) is 2.88. The molecule has 2 atom stereocenters. The van der Waals surface area contributed by atoms with Crippen LogP contribution in [-0.2, 0) is 9.59 Å². The van der Waals surface area contributed by atoms with Gasteiger partial charge in [0, 0.05) is 26.1 Å². The molecule has 0 aromatic rings. The summed E-state index contributed by atoms with van der Waals surface area (Å²) in [6.07, 6.45) is 0.355. The van der Waals surface area contributed by atoms with Gasteiger partial charge in [-0.15, -0.1) is 0 Å². The zero-order valence-electron chi connectivity index (χ0n) is 10.0. The molecule has 0 bridgehead atoms. The topological polar surface area (TPSA) is 70.2 Å². The van der Waals surface area contributed by atoms with Crippen molar-refractivity contribution in [2.24, 2.45) is 11.8 Å². The van der Waals surface area contributed by atoms with E-state index in [9.17, 15) is 9.59 Å². The second-order valence-corrected chi connectivity index (χ2v) is 4.24. The summed E-state index contributed by atoms with van der Waals surface area (Å²) in [6.45, 7) is 6.64. The fourth-order valence-corrected chi connectivity index (χ4v) is 1.88. The number of hydrogen-bond donors (Lipinski definition) is 3. The molecule has 1 saturated heterocycles. The van der Waals surface area contributed by atoms with Gasteiger partial charge in [-0.1, -0.05) is 6.92 Å². The van der Waals surface area contributed by atoms with Crippen molar-refractivity contribution in [1.82, 2.24) is 16.0 Å². The fraction of sp³-hybridized carbons (Fsp3) is 0.818. The Morgan fingerprint density at radius 2 is 2.06 bits per heavy atom. The van der Waals surface area contributed by atoms with Gasteiger partial charge in [-0.05, 0) is 19.4 Å². The third-order valence-corrected chi connectivity index (χ3v) is 2.88. The third kappa shape index (κ3) is 3.81. The highest BCUT2D eigenvalue weighted by Gasteiger charge is 2.29. The van der Waals surface area contributed by atoms with E-state index in [1.165, 1.54) is 0 Å². The van der Waals surface area contributed by atoms with Gasteiger partial charge < -0.3 is 16.0 Å². The second kappa shape index (κ2) is 6.48. The van der Waals surface area contributed by atoms with Crippen molar-refractivity contribution in [2.75, 3.05) is 26.2 Å². The summed E-state index contributed by atoms with van der Waals surface area (Å²) in [4.78, 5) is 22.8. The monoisotopic (exact) mass is 227 g/mol. The second-order valence-electron chi connectivity index (χ2n) is 4.24. The lowest BCUT2D eigenvalue weighted by molar-refractivity contribution is -0.125. The molecule has 0 saturated carbocycles. The van der Waals surface area contributed by atoms with E-state index >= 15 is 0 Å². The molecule has 1 fully saturated rings. The molecule has 5 nitrogen and oxygen atoms in total. The highest BCUT2D eigenvalue weighted by molar-refractivity contribution is 5.81. The van der Waals surface area contributed by atoms with E-state index in [0.717, 1.165) is 13.1 Å². The van der Waals surface area contributed by atoms with Gasteiger partial charge in [-0.2, -0.15) is 0 Å². The Bertz CT molecular complexity index is 256. The summed E-state index contributed by atoms with van der Waals surface area (Å²) in [5.74, 6) is 0.473. The first kappa shape index (κ1) is 13.0. The van der Waals surface area contributed by atoms with Crippen molar-refractivity contribution in [2.45, 2.75) is 20.3 Å². The zero-order chi connectivity index (χ0) is 12.0. The minimum Gasteiger partial charge on any atom is -0.356 e. The van der Waals surface area contributed by atoms with Crippen LogP contribution in [0, 0.1) is 11.8 Å². The normalized spacial score (nSPS) is 24.1. The van der Waals surface area contributed by atoms with Crippen LogP contribution >= 0.6 is 0 Å². The largest absolute Gasteiger partial charge is 0.356 e. The van der Waals surface area contributed by atoms with E-state index in [1.807, 2.05) is 6.92 Å². The molecule has 1 aliphatic rings. The van der Waals surface area contributed by atoms with E-state index in [1.54, 1.807) is 0 Å². The number of nitrogens with one attached hydrogen (secondary N) is 3. The number of carbonyl (C=O) groups excluding carboxylic acids is 2. The van der Waals surface area contributed by atoms with Gasteiger partial charge in [-0.3, -0.25) is 9.59 Å². The van der Waals surface area contributed by atoms with Gasteiger partial charge in [0.05, 0.1) is 5.92 Å². The van der Waals surface area contributed by atoms with Crippen LogP contribution in [0.25, 0.3) is 0 Å². The Kier molecular flexibility index (Phi) is 5.25. The predicted octanol–water partition coefficient (Wildman–Crippen LogP) is -0.516. The highest BCUT2D eigenvalue weighted by Crippen LogP contribution is 2.15. The smallest absolute Gasteiger partial charge is 0.224 e. The average Bonchev–Trinajstić information content (AvgIpc) is 2.64. The minimum atomic E-state index is -0.0135. The van der Waals surface area contributed by atoms with E-state index < -0.39 is 0 Å². The van der Waals surface area contributed by atoms with Crippen LogP contribution in [0.2, 0.25) is 0 Å². The summed E-state index contributed by atoms with van der Waals surface area (Å²) in [5.41, 5.74) is 0. The molecule has 5 heteroatoms. The Morgan fingerprint density at radius 1 is 1.31 bits per heavy atom. The van der Waals surface area contributed by atoms with Crippen LogP contribution < -0.4 is 16.0 Å². The summed E-state index contributed by atoms with van der Waals surface area (Å²) in [5, 5.41) is 8.68. The maximum Gasteiger partial charge on any atom is 0.224 e. The first-order valence-corrected chi connectivity index (χ1v) is 5.90. The Hall–Kier alpha value is -1.10. The lowest BCUT2D eigenvalue weighted by Crippen LogP contribution is -2.36. The van der Waals surface area contributed by atoms with Gasteiger partial charge in [0.25, 0.3) is 0 Å². The van der Waals surface area contributed by atoms with Crippen LogP contribution in [0.1, 0.15) is 20.3 Å². The zero-order valence-corrected chi connectivity index (χ0v) is 10.0. The Balaban J connectivity index is 2.17. The molecule has 0 aromatic carbocycles. The number of carbonyl (C=O) groups is 2. The number of amides is 2. The van der Waals surface area contributed by atoms with Crippen LogP contribution in [0.3, 0.4) is 0 Å². The quantitative estimate of drug-likeness (QED) is 0.592. The fourth-order valence-electron chi connectivity index (χ4n) is 1.88. The molecule has 92 valence electrons. The number of rotatable bonds is 5. The first-order chi connectivity index (χ1) is 7.65. The molecular formula is C11H21N3O2. The number of hydrogen-bond acceptors (Lipinski definition) is 3. The summed E-state index contributed by atoms with van der Waals surface area (Å²) in [7, 11) is 0. The predicted molar refractivity (Wildman–Crippen MR) is 61.8 cm³/mol. The van der Waals surface area contributed by atoms with E-state index in [2.05, 4.69) is 22.9 Å². The molecule has 2 amide bonds. The lowest BCUT2D eigenvalue weighted by Gasteiger charge is -2.13. The summed E-state index contributed by atoms with van der Waals surface area (Å²) >= 11 is 0. The molecule has 1 aliphatic heterocycles. The summed E-state index contributed by atoms with van der Waals surface area (Å²) in [6, 6.07) is 0. The molecule has 0 spiro atoms. The molecular weight excluding hydrogens is 206 g/mol. The molecule has 16 heavy (non-hydrogen) atoms. The van der Waals surface area contributed by atoms with Crippen LogP contribution in [0.5, 0.6) is 0 Å². The molecule has 0 aliphatic carbocycles. The lowest BCUT2D eigenvalue weighted by atomic mass is 9.97. The average molecular weight is 227 g/mol. The molecule has 1 rings (SSSR count). The van der Waals surface area contributed by atoms with Crippen molar-refractivity contribution in [3.05, 3.63) is 0 Å². The van der Waals surface area contributed by atoms with E-state index in [4.69, 9.17) is 0 Å². The Labute approximate surface area is 96.4 Å². The standard InChI is InChI=1S/C11H21N3O2/c1-3-13-10(15)4-5-14-11(16)9-7-12-6-8(9)2/h8-9,12H,3-7H2,1-2H3,(H,13,15)(H,14,16). The Morgan fingerprint density at radius 3 is 2.62 bits per heavy atom. The minimum absolute atomic E-state index is 0.0135. The summed E-state index contributed by atoms with van der Waals surface area (Å²) < 4.78 is 0. The van der Waals surface area contributed by atoms with E-state index in [0.29, 0.717) is 25.4 Å². The molecule has 0 aromatic heterocycles. The maximum atomic E-state index is 11.7. The molecule has 0 radical (unpaired) electrons. The van der Waals surface area contributed by atoms with E-state index in [-0.39, 0.29) is 17.7 Å².